The molecule has 0 aromatic carbocycles. The van der Waals surface area contributed by atoms with Crippen molar-refractivity contribution >= 4 is 35.2 Å². The molecule has 3 nitrogen and oxygen atoms in total. The Hall–Kier alpha value is -0.380. The van der Waals surface area contributed by atoms with Crippen molar-refractivity contribution < 1.29 is 4.79 Å². The second-order valence-corrected chi connectivity index (χ2v) is 8.73. The largest absolute Gasteiger partial charge is 0.371 e. The Labute approximate surface area is 179 Å². The molecule has 0 unspecified atom stereocenters. The van der Waals surface area contributed by atoms with E-state index in [1.165, 1.54) is 109 Å². The maximum Gasteiger partial charge on any atom is 0.234 e. The maximum absolute atomic E-state index is 9.92. The number of nitrogens with one attached hydrogen (secondary N) is 1. The molecule has 0 saturated carbocycles. The third kappa shape index (κ3) is 25.6. The minimum atomic E-state index is 0.615. The van der Waals surface area contributed by atoms with Crippen molar-refractivity contribution in [1.82, 2.24) is 5.32 Å². The fourth-order valence-corrected chi connectivity index (χ4v) is 3.60. The van der Waals surface area contributed by atoms with Gasteiger partial charge in [0, 0.05) is 6.54 Å². The second-order valence-electron chi connectivity index (χ2n) is 7.57. The van der Waals surface area contributed by atoms with Crippen LogP contribution in [0.2, 0.25) is 0 Å². The van der Waals surface area contributed by atoms with E-state index in [9.17, 15) is 4.79 Å². The SMILES string of the molecule is O=C=NCCCCCCCCCCCCCCCCCCCCNC(=S)S. The summed E-state index contributed by atoms with van der Waals surface area (Å²) >= 11 is 8.92. The van der Waals surface area contributed by atoms with E-state index < -0.39 is 0 Å². The highest BCUT2D eigenvalue weighted by Crippen LogP contribution is 2.14. The van der Waals surface area contributed by atoms with Crippen LogP contribution in [0.3, 0.4) is 0 Å². The Bertz CT molecular complexity index is 351. The van der Waals surface area contributed by atoms with E-state index in [-0.39, 0.29) is 0 Å². The predicted molar refractivity (Wildman–Crippen MR) is 126 cm³/mol. The summed E-state index contributed by atoms with van der Waals surface area (Å²) in [5.41, 5.74) is 0. The molecule has 27 heavy (non-hydrogen) atoms. The number of carbonyl (C=O) groups excluding carboxylic acids is 1. The van der Waals surface area contributed by atoms with Crippen LogP contribution in [0.4, 0.5) is 0 Å². The monoisotopic (exact) mass is 414 g/mol. The van der Waals surface area contributed by atoms with Gasteiger partial charge in [0.25, 0.3) is 0 Å². The predicted octanol–water partition coefficient (Wildman–Crippen LogP) is 7.15. The van der Waals surface area contributed by atoms with Crippen LogP contribution in [0.1, 0.15) is 116 Å². The fourth-order valence-electron chi connectivity index (χ4n) is 3.39. The van der Waals surface area contributed by atoms with Gasteiger partial charge in [-0.3, -0.25) is 0 Å². The third-order valence-corrected chi connectivity index (χ3v) is 5.34. The van der Waals surface area contributed by atoms with Gasteiger partial charge in [-0.05, 0) is 12.8 Å². The average molecular weight is 415 g/mol. The van der Waals surface area contributed by atoms with Crippen LogP contribution in [0.15, 0.2) is 4.99 Å². The first-order valence-corrected chi connectivity index (χ1v) is 12.1. The van der Waals surface area contributed by atoms with Crippen molar-refractivity contribution in [3.8, 4) is 0 Å². The average Bonchev–Trinajstić information content (AvgIpc) is 2.65. The van der Waals surface area contributed by atoms with Crippen molar-refractivity contribution in [3.63, 3.8) is 0 Å². The molecule has 0 aliphatic carbocycles. The Morgan fingerprint density at radius 3 is 1.33 bits per heavy atom. The first kappa shape index (κ1) is 26.6. The van der Waals surface area contributed by atoms with Gasteiger partial charge in [-0.1, -0.05) is 115 Å². The molecular weight excluding hydrogens is 372 g/mol. The third-order valence-electron chi connectivity index (χ3n) is 5.04. The summed E-state index contributed by atoms with van der Waals surface area (Å²) < 4.78 is 0.615. The number of unbranched alkanes of at least 4 members (excludes halogenated alkanes) is 17. The lowest BCUT2D eigenvalue weighted by molar-refractivity contribution is 0.524. The van der Waals surface area contributed by atoms with E-state index in [1.807, 2.05) is 0 Å². The van der Waals surface area contributed by atoms with Gasteiger partial charge in [-0.25, -0.2) is 9.79 Å². The number of hydrogen-bond acceptors (Lipinski definition) is 3. The summed E-state index contributed by atoms with van der Waals surface area (Å²) in [5.74, 6) is 0. The molecular formula is C22H42N2OS2. The van der Waals surface area contributed by atoms with Crippen LogP contribution in [-0.2, 0) is 4.79 Å². The molecule has 0 heterocycles. The van der Waals surface area contributed by atoms with E-state index in [4.69, 9.17) is 12.2 Å². The Morgan fingerprint density at radius 1 is 0.667 bits per heavy atom. The number of isocyanates is 1. The van der Waals surface area contributed by atoms with Gasteiger partial charge in [0.2, 0.25) is 6.08 Å². The van der Waals surface area contributed by atoms with Crippen molar-refractivity contribution in [2.45, 2.75) is 116 Å². The molecule has 0 aliphatic rings. The lowest BCUT2D eigenvalue weighted by Gasteiger charge is -2.04. The van der Waals surface area contributed by atoms with Gasteiger partial charge in [-0.15, -0.1) is 12.6 Å². The topological polar surface area (TPSA) is 41.5 Å². The molecule has 0 saturated heterocycles. The molecule has 0 bridgehead atoms. The first-order chi connectivity index (χ1) is 13.3. The standard InChI is InChI=1S/C22H42N2OS2/c25-21-23-19-17-15-13-11-9-7-5-3-1-2-4-6-8-10-12-14-16-18-20-24-22(26)27/h1-20H2,(H2,24,26,27). The normalized spacial score (nSPS) is 10.6. The lowest BCUT2D eigenvalue weighted by atomic mass is 10.0. The van der Waals surface area contributed by atoms with Crippen LogP contribution >= 0.6 is 24.8 Å². The second kappa shape index (κ2) is 23.7. The van der Waals surface area contributed by atoms with Crippen molar-refractivity contribution in [2.24, 2.45) is 4.99 Å². The molecule has 158 valence electrons. The zero-order chi connectivity index (χ0) is 19.8. The number of thiol groups is 1. The summed E-state index contributed by atoms with van der Waals surface area (Å²) in [6, 6.07) is 0. The Kier molecular flexibility index (Phi) is 23.3. The number of aliphatic imine (C=N–C) groups is 1. The minimum Gasteiger partial charge on any atom is -0.371 e. The summed E-state index contributed by atoms with van der Waals surface area (Å²) in [5, 5.41) is 3.09. The highest BCUT2D eigenvalue weighted by Gasteiger charge is 1.95. The molecule has 0 spiro atoms. The number of nitrogens with zero attached hydrogens (tertiary/aromatic N) is 1. The van der Waals surface area contributed by atoms with E-state index in [2.05, 4.69) is 22.9 Å². The van der Waals surface area contributed by atoms with E-state index in [0.29, 0.717) is 10.9 Å². The molecule has 0 aromatic rings. The lowest BCUT2D eigenvalue weighted by Crippen LogP contribution is -2.17. The molecule has 1 N–H and O–H groups in total. The quantitative estimate of drug-likeness (QED) is 0.0689. The summed E-state index contributed by atoms with van der Waals surface area (Å²) in [6.45, 7) is 1.63. The zero-order valence-corrected chi connectivity index (χ0v) is 19.1. The van der Waals surface area contributed by atoms with Gasteiger partial charge in [0.15, 0.2) is 0 Å². The molecule has 0 fully saturated rings. The van der Waals surface area contributed by atoms with Gasteiger partial charge < -0.3 is 5.32 Å². The summed E-state index contributed by atoms with van der Waals surface area (Å²) in [4.78, 5) is 13.5. The number of rotatable bonds is 21. The van der Waals surface area contributed by atoms with Gasteiger partial charge in [0.05, 0.1) is 6.54 Å². The number of thiocarbonyl (C=S) groups is 1. The smallest absolute Gasteiger partial charge is 0.234 e. The van der Waals surface area contributed by atoms with Crippen LogP contribution < -0.4 is 5.32 Å². The van der Waals surface area contributed by atoms with Gasteiger partial charge in [0.1, 0.15) is 4.32 Å². The van der Waals surface area contributed by atoms with Crippen LogP contribution in [0, 0.1) is 0 Å². The Morgan fingerprint density at radius 2 is 1.00 bits per heavy atom. The van der Waals surface area contributed by atoms with Crippen LogP contribution in [-0.4, -0.2) is 23.5 Å². The molecule has 0 aromatic heterocycles. The van der Waals surface area contributed by atoms with Gasteiger partial charge in [-0.2, -0.15) is 0 Å². The molecule has 0 amide bonds. The number of hydrogen-bond donors (Lipinski definition) is 2. The van der Waals surface area contributed by atoms with Crippen LogP contribution in [0.5, 0.6) is 0 Å². The van der Waals surface area contributed by atoms with E-state index in [0.717, 1.165) is 13.0 Å². The van der Waals surface area contributed by atoms with E-state index in [1.54, 1.807) is 6.08 Å². The first-order valence-electron chi connectivity index (χ1n) is 11.3. The highest BCUT2D eigenvalue weighted by molar-refractivity contribution is 8.11. The summed E-state index contributed by atoms with van der Waals surface area (Å²) in [7, 11) is 0. The van der Waals surface area contributed by atoms with Crippen molar-refractivity contribution in [2.75, 3.05) is 13.1 Å². The minimum absolute atomic E-state index is 0.615. The molecule has 5 heteroatoms. The van der Waals surface area contributed by atoms with Crippen molar-refractivity contribution in [3.05, 3.63) is 0 Å². The molecule has 0 atom stereocenters. The highest BCUT2D eigenvalue weighted by atomic mass is 32.1. The molecule has 0 radical (unpaired) electrons. The fraction of sp³-hybridized carbons (Fsp3) is 0.909. The summed E-state index contributed by atoms with van der Waals surface area (Å²) in [6.07, 6.45) is 25.8. The molecule has 0 aliphatic heterocycles. The Balaban J connectivity index is 3.01. The zero-order valence-electron chi connectivity index (χ0n) is 17.4. The maximum atomic E-state index is 9.92. The van der Waals surface area contributed by atoms with E-state index >= 15 is 0 Å². The van der Waals surface area contributed by atoms with Crippen LogP contribution in [0.25, 0.3) is 0 Å². The van der Waals surface area contributed by atoms with Crippen molar-refractivity contribution in [1.29, 1.82) is 0 Å². The molecule has 0 rings (SSSR count). The van der Waals surface area contributed by atoms with Gasteiger partial charge >= 0.3 is 0 Å².